The molecular weight excluding hydrogens is 380 g/mol. The van der Waals surface area contributed by atoms with Crippen molar-refractivity contribution in [3.63, 3.8) is 0 Å². The number of benzene rings is 2. The molecule has 2 aromatic rings. The van der Waals surface area contributed by atoms with Crippen molar-refractivity contribution < 1.29 is 0 Å². The molecule has 2 rings (SSSR count). The molecule has 0 saturated heterocycles. The molecule has 0 bridgehead atoms. The molecule has 0 aliphatic carbocycles. The summed E-state index contributed by atoms with van der Waals surface area (Å²) in [5.74, 6) is 0. The predicted octanol–water partition coefficient (Wildman–Crippen LogP) is 4.84. The predicted molar refractivity (Wildman–Crippen MR) is 86.3 cm³/mol. The van der Waals surface area contributed by atoms with Crippen molar-refractivity contribution in [2.24, 2.45) is 5.73 Å². The Labute approximate surface area is 130 Å². The largest absolute Gasteiger partial charge is 0.324 e. The molecule has 1 nitrogen and oxygen atoms in total. The zero-order valence-corrected chi connectivity index (χ0v) is 13.2. The van der Waals surface area contributed by atoms with E-state index >= 15 is 0 Å². The van der Waals surface area contributed by atoms with Gasteiger partial charge in [-0.2, -0.15) is 0 Å². The van der Waals surface area contributed by atoms with E-state index in [9.17, 15) is 0 Å². The fraction of sp³-hybridized carbons (Fsp3) is 0.143. The molecule has 1 unspecified atom stereocenters. The van der Waals surface area contributed by atoms with Gasteiger partial charge in [-0.15, -0.1) is 0 Å². The maximum absolute atomic E-state index is 6.19. The smallest absolute Gasteiger partial charge is 0.0640 e. The standard InChI is InChI=1S/C14H12Cl2IN/c15-12-3-1-2-11(14(12)16)13(18)8-9-4-6-10(17)7-5-9/h1-7,13H,8,18H2. The van der Waals surface area contributed by atoms with Crippen LogP contribution in [0.5, 0.6) is 0 Å². The van der Waals surface area contributed by atoms with Gasteiger partial charge in [0.15, 0.2) is 0 Å². The topological polar surface area (TPSA) is 26.0 Å². The quantitative estimate of drug-likeness (QED) is 0.744. The third-order valence-electron chi connectivity index (χ3n) is 2.75. The van der Waals surface area contributed by atoms with Crippen LogP contribution in [0.4, 0.5) is 0 Å². The molecule has 0 fully saturated rings. The fourth-order valence-corrected chi connectivity index (χ4v) is 2.60. The van der Waals surface area contributed by atoms with Crippen molar-refractivity contribution in [1.82, 2.24) is 0 Å². The van der Waals surface area contributed by atoms with Gasteiger partial charge < -0.3 is 5.73 Å². The van der Waals surface area contributed by atoms with Crippen molar-refractivity contribution in [3.8, 4) is 0 Å². The van der Waals surface area contributed by atoms with Crippen LogP contribution in [-0.4, -0.2) is 0 Å². The summed E-state index contributed by atoms with van der Waals surface area (Å²) in [5, 5.41) is 1.10. The van der Waals surface area contributed by atoms with Crippen molar-refractivity contribution in [2.75, 3.05) is 0 Å². The van der Waals surface area contributed by atoms with Gasteiger partial charge in [0.25, 0.3) is 0 Å². The summed E-state index contributed by atoms with van der Waals surface area (Å²) in [7, 11) is 0. The number of hydrogen-bond acceptors (Lipinski definition) is 1. The van der Waals surface area contributed by atoms with Crippen molar-refractivity contribution in [2.45, 2.75) is 12.5 Å². The molecule has 0 amide bonds. The van der Waals surface area contributed by atoms with Crippen molar-refractivity contribution in [1.29, 1.82) is 0 Å². The highest BCUT2D eigenvalue weighted by Gasteiger charge is 2.12. The first-order valence-corrected chi connectivity index (χ1v) is 7.35. The average Bonchev–Trinajstić information content (AvgIpc) is 2.35. The summed E-state index contributed by atoms with van der Waals surface area (Å²) < 4.78 is 1.21. The zero-order chi connectivity index (χ0) is 13.1. The van der Waals surface area contributed by atoms with Gasteiger partial charge >= 0.3 is 0 Å². The molecule has 0 aliphatic heterocycles. The molecular formula is C14H12Cl2IN. The van der Waals surface area contributed by atoms with E-state index in [0.717, 1.165) is 12.0 Å². The first kappa shape index (κ1) is 14.1. The maximum Gasteiger partial charge on any atom is 0.0640 e. The average molecular weight is 392 g/mol. The van der Waals surface area contributed by atoms with Gasteiger partial charge in [-0.1, -0.05) is 47.5 Å². The van der Waals surface area contributed by atoms with E-state index < -0.39 is 0 Å². The molecule has 2 N–H and O–H groups in total. The van der Waals surface area contributed by atoms with E-state index in [4.69, 9.17) is 28.9 Å². The fourth-order valence-electron chi connectivity index (χ4n) is 1.79. The van der Waals surface area contributed by atoms with Gasteiger partial charge in [0.05, 0.1) is 10.0 Å². The van der Waals surface area contributed by atoms with Gasteiger partial charge in [-0.05, 0) is 58.3 Å². The Morgan fingerprint density at radius 3 is 2.39 bits per heavy atom. The molecule has 2 aromatic carbocycles. The lowest BCUT2D eigenvalue weighted by atomic mass is 10.00. The lowest BCUT2D eigenvalue weighted by molar-refractivity contribution is 0.722. The Morgan fingerprint density at radius 2 is 1.72 bits per heavy atom. The van der Waals surface area contributed by atoms with Gasteiger partial charge in [0.2, 0.25) is 0 Å². The van der Waals surface area contributed by atoms with Crippen LogP contribution < -0.4 is 5.73 Å². The highest BCUT2D eigenvalue weighted by atomic mass is 127. The highest BCUT2D eigenvalue weighted by molar-refractivity contribution is 14.1. The van der Waals surface area contributed by atoms with Crippen LogP contribution in [0.3, 0.4) is 0 Å². The summed E-state index contributed by atoms with van der Waals surface area (Å²) >= 11 is 14.4. The van der Waals surface area contributed by atoms with Gasteiger partial charge in [-0.3, -0.25) is 0 Å². The van der Waals surface area contributed by atoms with E-state index in [1.807, 2.05) is 12.1 Å². The van der Waals surface area contributed by atoms with Gasteiger partial charge in [-0.25, -0.2) is 0 Å². The van der Waals surface area contributed by atoms with Crippen LogP contribution in [0.1, 0.15) is 17.2 Å². The SMILES string of the molecule is NC(Cc1ccc(I)cc1)c1cccc(Cl)c1Cl. The third kappa shape index (κ3) is 3.38. The minimum Gasteiger partial charge on any atom is -0.324 e. The van der Waals surface area contributed by atoms with E-state index in [-0.39, 0.29) is 6.04 Å². The van der Waals surface area contributed by atoms with E-state index in [2.05, 4.69) is 46.9 Å². The molecule has 18 heavy (non-hydrogen) atoms. The van der Waals surface area contributed by atoms with Crippen LogP contribution in [0.2, 0.25) is 10.0 Å². The molecule has 0 aromatic heterocycles. The van der Waals surface area contributed by atoms with Crippen LogP contribution in [0.25, 0.3) is 0 Å². The molecule has 1 atom stereocenters. The summed E-state index contributed by atoms with van der Waals surface area (Å²) in [4.78, 5) is 0. The normalized spacial score (nSPS) is 12.4. The molecule has 4 heteroatoms. The lowest BCUT2D eigenvalue weighted by Crippen LogP contribution is -2.14. The Morgan fingerprint density at radius 1 is 1.06 bits per heavy atom. The van der Waals surface area contributed by atoms with E-state index in [1.165, 1.54) is 9.13 Å². The summed E-state index contributed by atoms with van der Waals surface area (Å²) in [6.45, 7) is 0. The molecule has 0 heterocycles. The minimum absolute atomic E-state index is 0.142. The van der Waals surface area contributed by atoms with Gasteiger partial charge in [0.1, 0.15) is 0 Å². The molecule has 0 radical (unpaired) electrons. The molecule has 0 saturated carbocycles. The summed E-state index contributed by atoms with van der Waals surface area (Å²) in [5.41, 5.74) is 8.27. The Kier molecular flexibility index (Phi) is 4.90. The summed E-state index contributed by atoms with van der Waals surface area (Å²) in [6.07, 6.45) is 0.747. The number of hydrogen-bond donors (Lipinski definition) is 1. The second-order valence-electron chi connectivity index (χ2n) is 4.08. The zero-order valence-electron chi connectivity index (χ0n) is 9.54. The first-order valence-electron chi connectivity index (χ1n) is 5.52. The van der Waals surface area contributed by atoms with Crippen LogP contribution in [0.15, 0.2) is 42.5 Å². The minimum atomic E-state index is -0.142. The second-order valence-corrected chi connectivity index (χ2v) is 6.11. The van der Waals surface area contributed by atoms with Crippen LogP contribution in [-0.2, 0) is 6.42 Å². The van der Waals surface area contributed by atoms with Crippen LogP contribution in [0, 0.1) is 3.57 Å². The Balaban J connectivity index is 2.19. The maximum atomic E-state index is 6.19. The number of rotatable bonds is 3. The van der Waals surface area contributed by atoms with E-state index in [1.54, 1.807) is 6.07 Å². The first-order chi connectivity index (χ1) is 8.58. The third-order valence-corrected chi connectivity index (χ3v) is 4.30. The number of nitrogens with two attached hydrogens (primary N) is 1. The van der Waals surface area contributed by atoms with Crippen LogP contribution >= 0.6 is 45.8 Å². The summed E-state index contributed by atoms with van der Waals surface area (Å²) in [6, 6.07) is 13.7. The van der Waals surface area contributed by atoms with Crippen molar-refractivity contribution >= 4 is 45.8 Å². The molecule has 0 aliphatic rings. The second kappa shape index (κ2) is 6.24. The number of halogens is 3. The molecule has 94 valence electrons. The lowest BCUT2D eigenvalue weighted by Gasteiger charge is -2.14. The van der Waals surface area contributed by atoms with Gasteiger partial charge in [0, 0.05) is 9.61 Å². The Bertz CT molecular complexity index is 540. The Hall–Kier alpha value is -0.290. The van der Waals surface area contributed by atoms with Crippen molar-refractivity contribution in [3.05, 3.63) is 67.2 Å². The molecule has 0 spiro atoms. The highest BCUT2D eigenvalue weighted by Crippen LogP contribution is 2.30. The monoisotopic (exact) mass is 391 g/mol. The van der Waals surface area contributed by atoms with E-state index in [0.29, 0.717) is 10.0 Å².